The molecule has 6 heteroatoms. The van der Waals surface area contributed by atoms with Gasteiger partial charge >= 0.3 is 0 Å². The Bertz CT molecular complexity index is 539. The van der Waals surface area contributed by atoms with Crippen molar-refractivity contribution in [3.63, 3.8) is 0 Å². The van der Waals surface area contributed by atoms with E-state index >= 15 is 0 Å². The molecule has 1 heterocycles. The van der Waals surface area contributed by atoms with Crippen molar-refractivity contribution >= 4 is 21.4 Å². The smallest absolute Gasteiger partial charge is 0.250 e. The van der Waals surface area contributed by atoms with Crippen molar-refractivity contribution in [3.8, 4) is 0 Å². The summed E-state index contributed by atoms with van der Waals surface area (Å²) in [4.78, 5) is 0. The van der Waals surface area contributed by atoms with Gasteiger partial charge in [-0.1, -0.05) is 20.8 Å². The van der Waals surface area contributed by atoms with Gasteiger partial charge in [-0.2, -0.15) is 0 Å². The van der Waals surface area contributed by atoms with Crippen LogP contribution in [0.25, 0.3) is 0 Å². The molecule has 0 bridgehead atoms. The lowest BCUT2D eigenvalue weighted by molar-refractivity contribution is 0.402. The molecule has 20 heavy (non-hydrogen) atoms. The molecule has 4 nitrogen and oxygen atoms in total. The second-order valence-corrected chi connectivity index (χ2v) is 8.55. The molecule has 3 atom stereocenters. The van der Waals surface area contributed by atoms with Crippen LogP contribution in [0, 0.1) is 11.8 Å². The Hall–Kier alpha value is -0.430. The first-order valence-corrected chi connectivity index (χ1v) is 9.60. The van der Waals surface area contributed by atoms with E-state index in [0.717, 1.165) is 31.5 Å². The van der Waals surface area contributed by atoms with E-state index in [9.17, 15) is 8.42 Å². The van der Waals surface area contributed by atoms with Gasteiger partial charge in [-0.15, -0.1) is 11.3 Å². The Balaban J connectivity index is 2.05. The Labute approximate surface area is 126 Å². The van der Waals surface area contributed by atoms with Crippen LogP contribution in [0.1, 0.15) is 39.2 Å². The van der Waals surface area contributed by atoms with E-state index < -0.39 is 10.0 Å². The molecule has 0 aliphatic heterocycles. The van der Waals surface area contributed by atoms with Gasteiger partial charge in [-0.05, 0) is 48.2 Å². The second-order valence-electron chi connectivity index (χ2n) is 5.70. The van der Waals surface area contributed by atoms with E-state index in [1.54, 1.807) is 6.07 Å². The van der Waals surface area contributed by atoms with Gasteiger partial charge in [0.2, 0.25) is 10.0 Å². The fraction of sp³-hybridized carbons (Fsp3) is 0.714. The minimum Gasteiger partial charge on any atom is -0.313 e. The predicted octanol–water partition coefficient (Wildman–Crippen LogP) is 2.57. The van der Waals surface area contributed by atoms with Crippen LogP contribution in [-0.2, 0) is 16.6 Å². The third-order valence-corrected chi connectivity index (χ3v) is 7.22. The molecule has 3 unspecified atom stereocenters. The van der Waals surface area contributed by atoms with Crippen molar-refractivity contribution in [2.45, 2.75) is 50.4 Å². The van der Waals surface area contributed by atoms with Gasteiger partial charge in [-0.3, -0.25) is 0 Å². The van der Waals surface area contributed by atoms with Crippen molar-refractivity contribution in [1.82, 2.24) is 10.0 Å². The largest absolute Gasteiger partial charge is 0.313 e. The van der Waals surface area contributed by atoms with Crippen molar-refractivity contribution in [1.29, 1.82) is 0 Å². The number of thiophene rings is 1. The predicted molar refractivity (Wildman–Crippen MR) is 83.4 cm³/mol. The Kier molecular flexibility index (Phi) is 5.23. The summed E-state index contributed by atoms with van der Waals surface area (Å²) in [5.74, 6) is 1.00. The summed E-state index contributed by atoms with van der Waals surface area (Å²) in [7, 11) is -3.36. The summed E-state index contributed by atoms with van der Waals surface area (Å²) in [6, 6.07) is 1.85. The zero-order chi connectivity index (χ0) is 14.8. The first-order chi connectivity index (χ1) is 9.44. The van der Waals surface area contributed by atoms with Crippen LogP contribution in [-0.4, -0.2) is 21.0 Å². The maximum Gasteiger partial charge on any atom is 0.250 e. The summed E-state index contributed by atoms with van der Waals surface area (Å²) < 4.78 is 28.1. The molecule has 0 spiro atoms. The van der Waals surface area contributed by atoms with Gasteiger partial charge < -0.3 is 5.32 Å². The van der Waals surface area contributed by atoms with Gasteiger partial charge in [0.25, 0.3) is 0 Å². The standard InChI is InChI=1S/C14H24N2O2S2/c1-4-15-8-12-7-14(19-9-12)20(17,18)16-13-6-5-10(2)11(13)3/h7,9-11,13,15-16H,4-6,8H2,1-3H3. The van der Waals surface area contributed by atoms with E-state index in [4.69, 9.17) is 0 Å². The van der Waals surface area contributed by atoms with Crippen molar-refractivity contribution in [2.75, 3.05) is 6.54 Å². The molecule has 0 amide bonds. The third-order valence-electron chi connectivity index (χ3n) is 4.25. The molecule has 2 rings (SSSR count). The monoisotopic (exact) mass is 316 g/mol. The van der Waals surface area contributed by atoms with Gasteiger partial charge in [-0.25, -0.2) is 13.1 Å². The van der Waals surface area contributed by atoms with Crippen LogP contribution in [0.15, 0.2) is 15.7 Å². The number of hydrogen-bond donors (Lipinski definition) is 2. The molecule has 1 aliphatic rings. The van der Waals surface area contributed by atoms with E-state index in [2.05, 4.69) is 23.9 Å². The Morgan fingerprint density at radius 1 is 1.35 bits per heavy atom. The number of sulfonamides is 1. The van der Waals surface area contributed by atoms with Crippen LogP contribution in [0.2, 0.25) is 0 Å². The van der Waals surface area contributed by atoms with E-state index in [1.165, 1.54) is 11.3 Å². The van der Waals surface area contributed by atoms with Crippen LogP contribution in [0.3, 0.4) is 0 Å². The van der Waals surface area contributed by atoms with Crippen LogP contribution in [0.5, 0.6) is 0 Å². The highest BCUT2D eigenvalue weighted by Crippen LogP contribution is 2.32. The average Bonchev–Trinajstić information content (AvgIpc) is 2.99. The highest BCUT2D eigenvalue weighted by molar-refractivity contribution is 7.91. The number of rotatable bonds is 6. The fourth-order valence-electron chi connectivity index (χ4n) is 2.64. The molecule has 0 aromatic carbocycles. The summed E-state index contributed by atoms with van der Waals surface area (Å²) in [5, 5.41) is 5.12. The van der Waals surface area contributed by atoms with Crippen LogP contribution >= 0.6 is 11.3 Å². The lowest BCUT2D eigenvalue weighted by Crippen LogP contribution is -2.36. The molecule has 1 saturated carbocycles. The molecule has 1 fully saturated rings. The Morgan fingerprint density at radius 3 is 2.70 bits per heavy atom. The zero-order valence-electron chi connectivity index (χ0n) is 12.3. The first-order valence-electron chi connectivity index (χ1n) is 7.24. The maximum atomic E-state index is 12.4. The molecule has 1 aromatic heterocycles. The summed E-state index contributed by atoms with van der Waals surface area (Å²) >= 11 is 1.30. The first kappa shape index (κ1) is 15.9. The quantitative estimate of drug-likeness (QED) is 0.848. The minimum absolute atomic E-state index is 0.0781. The van der Waals surface area contributed by atoms with Crippen molar-refractivity contribution in [3.05, 3.63) is 17.0 Å². The van der Waals surface area contributed by atoms with Crippen LogP contribution in [0.4, 0.5) is 0 Å². The van der Waals surface area contributed by atoms with Crippen molar-refractivity contribution < 1.29 is 8.42 Å². The lowest BCUT2D eigenvalue weighted by Gasteiger charge is -2.19. The van der Waals surface area contributed by atoms with E-state index in [-0.39, 0.29) is 6.04 Å². The lowest BCUT2D eigenvalue weighted by atomic mass is 9.98. The molecular formula is C14H24N2O2S2. The number of hydrogen-bond acceptors (Lipinski definition) is 4. The molecule has 0 saturated heterocycles. The van der Waals surface area contributed by atoms with Crippen LogP contribution < -0.4 is 10.0 Å². The number of nitrogens with one attached hydrogen (secondary N) is 2. The highest BCUT2D eigenvalue weighted by Gasteiger charge is 2.33. The fourth-order valence-corrected chi connectivity index (χ4v) is 5.23. The summed E-state index contributed by atoms with van der Waals surface area (Å²) in [6.07, 6.45) is 2.04. The molecule has 2 N–H and O–H groups in total. The molecular weight excluding hydrogens is 292 g/mol. The normalized spacial score (nSPS) is 27.1. The third kappa shape index (κ3) is 3.61. The maximum absolute atomic E-state index is 12.4. The second kappa shape index (κ2) is 6.56. The topological polar surface area (TPSA) is 58.2 Å². The summed E-state index contributed by atoms with van der Waals surface area (Å²) in [6.45, 7) is 7.97. The van der Waals surface area contributed by atoms with E-state index in [0.29, 0.717) is 16.0 Å². The molecule has 1 aromatic rings. The minimum atomic E-state index is -3.36. The molecule has 0 radical (unpaired) electrons. The van der Waals surface area contributed by atoms with Gasteiger partial charge in [0, 0.05) is 12.6 Å². The van der Waals surface area contributed by atoms with E-state index in [1.807, 2.05) is 12.3 Å². The Morgan fingerprint density at radius 2 is 2.10 bits per heavy atom. The van der Waals surface area contributed by atoms with Gasteiger partial charge in [0.1, 0.15) is 4.21 Å². The molecule has 1 aliphatic carbocycles. The van der Waals surface area contributed by atoms with Gasteiger partial charge in [0.15, 0.2) is 0 Å². The molecule has 114 valence electrons. The average molecular weight is 316 g/mol. The highest BCUT2D eigenvalue weighted by atomic mass is 32.2. The SMILES string of the molecule is CCNCc1csc(S(=O)(=O)NC2CCC(C)C2C)c1. The van der Waals surface area contributed by atoms with Crippen molar-refractivity contribution in [2.24, 2.45) is 11.8 Å². The zero-order valence-corrected chi connectivity index (χ0v) is 14.0. The summed E-state index contributed by atoms with van der Waals surface area (Å²) in [5.41, 5.74) is 1.03. The van der Waals surface area contributed by atoms with Gasteiger partial charge in [0.05, 0.1) is 0 Å².